The van der Waals surface area contributed by atoms with E-state index in [-0.39, 0.29) is 17.3 Å². The molecule has 7 heteroatoms. The van der Waals surface area contributed by atoms with Gasteiger partial charge in [-0.25, -0.2) is 9.37 Å². The number of nitrogens with one attached hydrogen (secondary N) is 1. The number of aryl methyl sites for hydroxylation is 3. The van der Waals surface area contributed by atoms with Gasteiger partial charge in [0.25, 0.3) is 5.56 Å². The lowest BCUT2D eigenvalue weighted by Crippen LogP contribution is -2.32. The summed E-state index contributed by atoms with van der Waals surface area (Å²) in [5.41, 5.74) is 3.98. The van der Waals surface area contributed by atoms with E-state index in [0.717, 1.165) is 39.2 Å². The van der Waals surface area contributed by atoms with Gasteiger partial charge >= 0.3 is 0 Å². The fourth-order valence-corrected chi connectivity index (χ4v) is 4.91. The molecule has 4 aromatic rings. The first-order chi connectivity index (χ1) is 15.3. The quantitative estimate of drug-likeness (QED) is 0.429. The Hall–Kier alpha value is -3.32. The average Bonchev–Trinajstić information content (AvgIpc) is 3.12. The molecule has 0 saturated carbocycles. The highest BCUT2D eigenvalue weighted by Crippen LogP contribution is 2.35. The van der Waals surface area contributed by atoms with E-state index in [2.05, 4.69) is 10.3 Å². The number of carbonyl (C=O) groups excluding carboxylic acids is 1. The normalized spacial score (nSPS) is 12.2. The van der Waals surface area contributed by atoms with E-state index in [0.29, 0.717) is 10.2 Å². The molecule has 1 amide bonds. The van der Waals surface area contributed by atoms with Crippen LogP contribution in [0.1, 0.15) is 35.9 Å². The van der Waals surface area contributed by atoms with Crippen molar-refractivity contribution in [2.24, 2.45) is 0 Å². The molecule has 0 radical (unpaired) electrons. The van der Waals surface area contributed by atoms with Crippen molar-refractivity contribution < 1.29 is 9.18 Å². The smallest absolute Gasteiger partial charge is 0.263 e. The molecule has 1 atom stereocenters. The van der Waals surface area contributed by atoms with E-state index in [1.54, 1.807) is 19.1 Å². The number of hydrogen-bond donors (Lipinski definition) is 1. The van der Waals surface area contributed by atoms with Gasteiger partial charge in [-0.3, -0.25) is 14.2 Å². The number of amides is 1. The fraction of sp³-hybridized carbons (Fsp3) is 0.240. The van der Waals surface area contributed by atoms with E-state index < -0.39 is 6.04 Å². The summed E-state index contributed by atoms with van der Waals surface area (Å²) in [7, 11) is 0. The van der Waals surface area contributed by atoms with Crippen molar-refractivity contribution in [1.29, 1.82) is 0 Å². The number of nitrogens with zero attached hydrogens (tertiary/aromatic N) is 2. The maximum absolute atomic E-state index is 13.5. The van der Waals surface area contributed by atoms with E-state index in [1.165, 1.54) is 34.4 Å². The molecule has 0 unspecified atom stereocenters. The maximum Gasteiger partial charge on any atom is 0.263 e. The Kier molecular flexibility index (Phi) is 5.93. The largest absolute Gasteiger partial charge is 0.324 e. The molecule has 0 bridgehead atoms. The van der Waals surface area contributed by atoms with E-state index in [4.69, 9.17) is 0 Å². The van der Waals surface area contributed by atoms with Crippen molar-refractivity contribution in [3.05, 3.63) is 81.0 Å². The Morgan fingerprint density at radius 3 is 2.59 bits per heavy atom. The summed E-state index contributed by atoms with van der Waals surface area (Å²) in [6.07, 6.45) is 2.21. The van der Waals surface area contributed by atoms with Crippen LogP contribution in [0, 0.1) is 19.7 Å². The number of thiophene rings is 1. The van der Waals surface area contributed by atoms with Crippen LogP contribution in [0.3, 0.4) is 0 Å². The molecule has 1 N–H and O–H groups in total. The molecule has 0 saturated heterocycles. The third-order valence-electron chi connectivity index (χ3n) is 5.73. The highest BCUT2D eigenvalue weighted by atomic mass is 32.1. The first-order valence-corrected chi connectivity index (χ1v) is 11.3. The van der Waals surface area contributed by atoms with Gasteiger partial charge in [-0.05, 0) is 56.0 Å². The highest BCUT2D eigenvalue weighted by molar-refractivity contribution is 7.19. The number of anilines is 1. The summed E-state index contributed by atoms with van der Waals surface area (Å²) < 4.78 is 14.8. The minimum atomic E-state index is -0.759. The van der Waals surface area contributed by atoms with Gasteiger partial charge in [0.05, 0.1) is 11.7 Å². The standard InChI is InChI=1S/C25H24FN3O2S/c1-5-17-8-6-7-14(2)22(17)28-23(30)15(3)29-13-27-24-21(25(29)31)20(16(4)32-24)18-9-11-19(26)12-10-18/h6-13,15H,5H2,1-4H3,(H,28,30)/t15-/m0/s1. The zero-order chi connectivity index (χ0) is 23.0. The second-order valence-electron chi connectivity index (χ2n) is 7.81. The van der Waals surface area contributed by atoms with Gasteiger partial charge in [0, 0.05) is 16.1 Å². The van der Waals surface area contributed by atoms with Gasteiger partial charge in [-0.15, -0.1) is 11.3 Å². The van der Waals surface area contributed by atoms with Crippen LogP contribution in [0.5, 0.6) is 0 Å². The van der Waals surface area contributed by atoms with Crippen LogP contribution in [-0.4, -0.2) is 15.5 Å². The Bertz CT molecular complexity index is 1370. The zero-order valence-electron chi connectivity index (χ0n) is 18.4. The van der Waals surface area contributed by atoms with Crippen LogP contribution in [0.4, 0.5) is 10.1 Å². The van der Waals surface area contributed by atoms with E-state index in [1.807, 2.05) is 39.0 Å². The number of fused-ring (bicyclic) bond motifs is 1. The molecule has 0 fully saturated rings. The lowest BCUT2D eigenvalue weighted by atomic mass is 10.0. The summed E-state index contributed by atoms with van der Waals surface area (Å²) in [6.45, 7) is 7.58. The molecular formula is C25H24FN3O2S. The monoisotopic (exact) mass is 449 g/mol. The molecule has 0 aliphatic rings. The minimum Gasteiger partial charge on any atom is -0.324 e. The number of aromatic nitrogens is 2. The van der Waals surface area contributed by atoms with Crippen LogP contribution in [0.2, 0.25) is 0 Å². The summed E-state index contributed by atoms with van der Waals surface area (Å²) in [5, 5.41) is 3.45. The second kappa shape index (κ2) is 8.67. The van der Waals surface area contributed by atoms with Crippen LogP contribution < -0.4 is 10.9 Å². The Labute approximate surface area is 189 Å². The summed E-state index contributed by atoms with van der Waals surface area (Å²) in [4.78, 5) is 32.5. The molecule has 0 spiro atoms. The molecule has 4 rings (SSSR count). The van der Waals surface area contributed by atoms with Gasteiger partial charge in [0.2, 0.25) is 5.91 Å². The van der Waals surface area contributed by atoms with Crippen LogP contribution in [0.25, 0.3) is 21.3 Å². The average molecular weight is 450 g/mol. The van der Waals surface area contributed by atoms with Crippen molar-refractivity contribution in [1.82, 2.24) is 9.55 Å². The SMILES string of the molecule is CCc1cccc(C)c1NC(=O)[C@H](C)n1cnc2sc(C)c(-c3ccc(F)cc3)c2c1=O. The molecule has 2 heterocycles. The van der Waals surface area contributed by atoms with Gasteiger partial charge in [0.1, 0.15) is 16.7 Å². The summed E-state index contributed by atoms with van der Waals surface area (Å²) in [6, 6.07) is 11.2. The molecule has 5 nitrogen and oxygen atoms in total. The van der Waals surface area contributed by atoms with Crippen molar-refractivity contribution in [3.8, 4) is 11.1 Å². The first kappa shape index (κ1) is 21.9. The number of rotatable bonds is 5. The number of benzene rings is 2. The summed E-state index contributed by atoms with van der Waals surface area (Å²) >= 11 is 1.41. The zero-order valence-corrected chi connectivity index (χ0v) is 19.2. The Balaban J connectivity index is 1.76. The van der Waals surface area contributed by atoms with Crippen LogP contribution >= 0.6 is 11.3 Å². The molecule has 2 aromatic heterocycles. The molecule has 0 aliphatic carbocycles. The molecule has 2 aromatic carbocycles. The van der Waals surface area contributed by atoms with Gasteiger partial charge < -0.3 is 5.32 Å². The Morgan fingerprint density at radius 2 is 1.91 bits per heavy atom. The van der Waals surface area contributed by atoms with Crippen molar-refractivity contribution in [2.75, 3.05) is 5.32 Å². The maximum atomic E-state index is 13.5. The second-order valence-corrected chi connectivity index (χ2v) is 9.01. The van der Waals surface area contributed by atoms with Crippen molar-refractivity contribution in [2.45, 2.75) is 40.2 Å². The fourth-order valence-electron chi connectivity index (χ4n) is 3.91. The third-order valence-corrected chi connectivity index (χ3v) is 6.74. The van der Waals surface area contributed by atoms with Gasteiger partial charge in [-0.2, -0.15) is 0 Å². The molecule has 32 heavy (non-hydrogen) atoms. The lowest BCUT2D eigenvalue weighted by molar-refractivity contribution is -0.118. The van der Waals surface area contributed by atoms with Gasteiger partial charge in [-0.1, -0.05) is 37.3 Å². The van der Waals surface area contributed by atoms with Gasteiger partial charge in [0.15, 0.2) is 0 Å². The molecule has 164 valence electrons. The lowest BCUT2D eigenvalue weighted by Gasteiger charge is -2.18. The molecular weight excluding hydrogens is 425 g/mol. The predicted molar refractivity (Wildman–Crippen MR) is 128 cm³/mol. The number of halogens is 1. The van der Waals surface area contributed by atoms with Crippen molar-refractivity contribution >= 4 is 33.1 Å². The van der Waals surface area contributed by atoms with Crippen LogP contribution in [-0.2, 0) is 11.2 Å². The number of hydrogen-bond acceptors (Lipinski definition) is 4. The Morgan fingerprint density at radius 1 is 1.19 bits per heavy atom. The highest BCUT2D eigenvalue weighted by Gasteiger charge is 2.22. The van der Waals surface area contributed by atoms with Crippen molar-refractivity contribution in [3.63, 3.8) is 0 Å². The van der Waals surface area contributed by atoms with E-state index in [9.17, 15) is 14.0 Å². The number of para-hydroxylation sites is 1. The topological polar surface area (TPSA) is 64.0 Å². The third kappa shape index (κ3) is 3.84. The minimum absolute atomic E-state index is 0.285. The summed E-state index contributed by atoms with van der Waals surface area (Å²) in [5.74, 6) is -0.623. The first-order valence-electron chi connectivity index (χ1n) is 10.5. The molecule has 0 aliphatic heterocycles. The van der Waals surface area contributed by atoms with E-state index >= 15 is 0 Å². The van der Waals surface area contributed by atoms with Crippen LogP contribution in [0.15, 0.2) is 53.6 Å². The number of carbonyl (C=O) groups is 1. The predicted octanol–water partition coefficient (Wildman–Crippen LogP) is 5.64.